The predicted octanol–water partition coefficient (Wildman–Crippen LogP) is 4.23. The fraction of sp³-hybridized carbons (Fsp3) is 0.174. The number of ether oxygens (including phenoxy) is 1. The van der Waals surface area contributed by atoms with Gasteiger partial charge in [0.1, 0.15) is 5.75 Å². The second kappa shape index (κ2) is 10.1. The van der Waals surface area contributed by atoms with Crippen molar-refractivity contribution in [3.05, 3.63) is 84.5 Å². The molecule has 0 radical (unpaired) electrons. The highest BCUT2D eigenvalue weighted by Crippen LogP contribution is 2.26. The molecular formula is C23H25N5O2. The molecule has 1 aromatic heterocycles. The van der Waals surface area contributed by atoms with Gasteiger partial charge in [-0.05, 0) is 49.2 Å². The summed E-state index contributed by atoms with van der Waals surface area (Å²) in [4.78, 5) is 20.3. The maximum absolute atomic E-state index is 11.5. The van der Waals surface area contributed by atoms with Crippen LogP contribution in [0.25, 0.3) is 11.1 Å². The van der Waals surface area contributed by atoms with Crippen LogP contribution in [0.5, 0.6) is 5.75 Å². The third-order valence-electron chi connectivity index (χ3n) is 4.28. The molecule has 2 amide bonds. The highest BCUT2D eigenvalue weighted by molar-refractivity contribution is 5.75. The number of hydrogen-bond donors (Lipinski definition) is 3. The SMILES string of the molecule is C=C(NC(=O)NCC)Oc1ccc(-c2cnc(NCc3ccccc3)nc2)cc1C. The molecule has 7 nitrogen and oxygen atoms in total. The van der Waals surface area contributed by atoms with Crippen LogP contribution in [0.15, 0.2) is 73.4 Å². The molecular weight excluding hydrogens is 378 g/mol. The van der Waals surface area contributed by atoms with Crippen molar-refractivity contribution in [1.29, 1.82) is 0 Å². The fourth-order valence-electron chi connectivity index (χ4n) is 2.78. The first-order valence-electron chi connectivity index (χ1n) is 9.67. The normalized spacial score (nSPS) is 10.2. The Kier molecular flexibility index (Phi) is 7.00. The van der Waals surface area contributed by atoms with Gasteiger partial charge in [-0.3, -0.25) is 5.32 Å². The van der Waals surface area contributed by atoms with Crippen molar-refractivity contribution in [2.75, 3.05) is 11.9 Å². The number of anilines is 1. The van der Waals surface area contributed by atoms with Crippen molar-refractivity contribution in [3.63, 3.8) is 0 Å². The van der Waals surface area contributed by atoms with E-state index in [9.17, 15) is 4.79 Å². The van der Waals surface area contributed by atoms with Gasteiger partial charge >= 0.3 is 6.03 Å². The number of aryl methyl sites for hydroxylation is 1. The lowest BCUT2D eigenvalue weighted by molar-refractivity contribution is 0.238. The Morgan fingerprint density at radius 2 is 1.80 bits per heavy atom. The number of hydrogen-bond acceptors (Lipinski definition) is 5. The summed E-state index contributed by atoms with van der Waals surface area (Å²) in [5, 5.41) is 8.37. The Morgan fingerprint density at radius 3 is 2.47 bits per heavy atom. The molecule has 0 unspecified atom stereocenters. The van der Waals surface area contributed by atoms with Crippen LogP contribution in [0.3, 0.4) is 0 Å². The van der Waals surface area contributed by atoms with E-state index < -0.39 is 0 Å². The summed E-state index contributed by atoms with van der Waals surface area (Å²) in [6, 6.07) is 15.5. The Labute approximate surface area is 176 Å². The largest absolute Gasteiger partial charge is 0.441 e. The number of urea groups is 1. The van der Waals surface area contributed by atoms with Gasteiger partial charge in [0.05, 0.1) is 0 Å². The topological polar surface area (TPSA) is 88.2 Å². The van der Waals surface area contributed by atoms with Crippen LogP contribution in [-0.2, 0) is 6.54 Å². The minimum absolute atomic E-state index is 0.161. The van der Waals surface area contributed by atoms with Gasteiger partial charge in [-0.25, -0.2) is 14.8 Å². The first kappa shape index (κ1) is 20.9. The van der Waals surface area contributed by atoms with Crippen LogP contribution in [0.2, 0.25) is 0 Å². The molecule has 0 spiro atoms. The molecule has 0 aliphatic carbocycles. The van der Waals surface area contributed by atoms with Gasteiger partial charge in [-0.1, -0.05) is 36.4 Å². The smallest absolute Gasteiger partial charge is 0.321 e. The minimum Gasteiger partial charge on any atom is -0.441 e. The number of carbonyl (C=O) groups excluding carboxylic acids is 1. The minimum atomic E-state index is -0.352. The number of aromatic nitrogens is 2. The van der Waals surface area contributed by atoms with E-state index in [2.05, 4.69) is 32.5 Å². The Hall–Kier alpha value is -3.87. The third kappa shape index (κ3) is 5.81. The van der Waals surface area contributed by atoms with Crippen molar-refractivity contribution < 1.29 is 9.53 Å². The quantitative estimate of drug-likeness (QED) is 0.490. The van der Waals surface area contributed by atoms with E-state index in [1.165, 1.54) is 5.56 Å². The van der Waals surface area contributed by atoms with Crippen LogP contribution in [-0.4, -0.2) is 22.5 Å². The molecule has 0 saturated heterocycles. The second-order valence-corrected chi connectivity index (χ2v) is 6.62. The molecule has 0 fully saturated rings. The maximum Gasteiger partial charge on any atom is 0.321 e. The predicted molar refractivity (Wildman–Crippen MR) is 118 cm³/mol. The molecule has 0 aliphatic heterocycles. The molecule has 30 heavy (non-hydrogen) atoms. The van der Waals surface area contributed by atoms with Crippen LogP contribution in [0, 0.1) is 6.92 Å². The van der Waals surface area contributed by atoms with E-state index in [1.54, 1.807) is 12.4 Å². The lowest BCUT2D eigenvalue weighted by atomic mass is 10.1. The lowest BCUT2D eigenvalue weighted by Crippen LogP contribution is -2.35. The molecule has 3 aromatic rings. The molecule has 154 valence electrons. The van der Waals surface area contributed by atoms with E-state index in [4.69, 9.17) is 4.74 Å². The van der Waals surface area contributed by atoms with E-state index in [0.717, 1.165) is 16.7 Å². The summed E-state index contributed by atoms with van der Waals surface area (Å²) >= 11 is 0. The fourth-order valence-corrected chi connectivity index (χ4v) is 2.78. The standard InChI is InChI=1S/C23H25N5O2/c1-4-24-23(29)28-17(3)30-21-11-10-19(12-16(21)2)20-14-26-22(27-15-20)25-13-18-8-6-5-7-9-18/h5-12,14-15H,3-4,13H2,1-2H3,(H2,24,28,29)(H,25,26,27). The number of nitrogens with one attached hydrogen (secondary N) is 3. The zero-order chi connectivity index (χ0) is 21.3. The van der Waals surface area contributed by atoms with Gasteiger partial charge in [0.2, 0.25) is 5.95 Å². The number of nitrogens with zero attached hydrogens (tertiary/aromatic N) is 2. The summed E-state index contributed by atoms with van der Waals surface area (Å²) in [6.45, 7) is 8.67. The van der Waals surface area contributed by atoms with E-state index in [-0.39, 0.29) is 11.9 Å². The molecule has 3 N–H and O–H groups in total. The zero-order valence-electron chi connectivity index (χ0n) is 17.1. The van der Waals surface area contributed by atoms with Crippen molar-refractivity contribution in [1.82, 2.24) is 20.6 Å². The van der Waals surface area contributed by atoms with E-state index in [0.29, 0.717) is 24.8 Å². The first-order valence-corrected chi connectivity index (χ1v) is 9.67. The number of rotatable bonds is 8. The molecule has 1 heterocycles. The number of amides is 2. The zero-order valence-corrected chi connectivity index (χ0v) is 17.1. The molecule has 0 atom stereocenters. The number of benzene rings is 2. The summed E-state index contributed by atoms with van der Waals surface area (Å²) in [7, 11) is 0. The monoisotopic (exact) mass is 403 g/mol. The van der Waals surface area contributed by atoms with Crippen molar-refractivity contribution >= 4 is 12.0 Å². The summed E-state index contributed by atoms with van der Waals surface area (Å²) < 4.78 is 5.64. The maximum atomic E-state index is 11.5. The van der Waals surface area contributed by atoms with Crippen LogP contribution >= 0.6 is 0 Å². The van der Waals surface area contributed by atoms with Gasteiger partial charge in [0.15, 0.2) is 5.88 Å². The van der Waals surface area contributed by atoms with Gasteiger partial charge in [0, 0.05) is 31.0 Å². The molecule has 0 bridgehead atoms. The van der Waals surface area contributed by atoms with Crippen LogP contribution in [0.1, 0.15) is 18.1 Å². The molecule has 2 aromatic carbocycles. The summed E-state index contributed by atoms with van der Waals surface area (Å²) in [5.41, 5.74) is 3.93. The van der Waals surface area contributed by atoms with E-state index in [1.807, 2.05) is 62.4 Å². The van der Waals surface area contributed by atoms with Gasteiger partial charge in [-0.15, -0.1) is 0 Å². The number of carbonyl (C=O) groups is 1. The molecule has 0 saturated carbocycles. The third-order valence-corrected chi connectivity index (χ3v) is 4.28. The first-order chi connectivity index (χ1) is 14.5. The van der Waals surface area contributed by atoms with E-state index >= 15 is 0 Å². The second-order valence-electron chi connectivity index (χ2n) is 6.62. The molecule has 7 heteroatoms. The van der Waals surface area contributed by atoms with Crippen molar-refractivity contribution in [2.24, 2.45) is 0 Å². The summed E-state index contributed by atoms with van der Waals surface area (Å²) in [6.07, 6.45) is 3.57. The van der Waals surface area contributed by atoms with Crippen LogP contribution in [0.4, 0.5) is 10.7 Å². The molecule has 0 aliphatic rings. The Morgan fingerprint density at radius 1 is 1.07 bits per heavy atom. The highest BCUT2D eigenvalue weighted by Gasteiger charge is 2.08. The van der Waals surface area contributed by atoms with Crippen LogP contribution < -0.4 is 20.7 Å². The van der Waals surface area contributed by atoms with Gasteiger partial charge in [-0.2, -0.15) is 0 Å². The van der Waals surface area contributed by atoms with Crippen molar-refractivity contribution in [2.45, 2.75) is 20.4 Å². The Bertz CT molecular complexity index is 1000. The average Bonchev–Trinajstić information content (AvgIpc) is 2.75. The summed E-state index contributed by atoms with van der Waals surface area (Å²) in [5.74, 6) is 1.35. The lowest BCUT2D eigenvalue weighted by Gasteiger charge is -2.13. The van der Waals surface area contributed by atoms with Gasteiger partial charge in [0.25, 0.3) is 0 Å². The van der Waals surface area contributed by atoms with Gasteiger partial charge < -0.3 is 15.4 Å². The highest BCUT2D eigenvalue weighted by atomic mass is 16.5. The van der Waals surface area contributed by atoms with Crippen molar-refractivity contribution in [3.8, 4) is 16.9 Å². The Balaban J connectivity index is 1.61. The average molecular weight is 403 g/mol. The molecule has 3 rings (SSSR count).